The first-order valence-corrected chi connectivity index (χ1v) is 8.26. The number of Topliss-reactive ketones (excluding diaryl/α,β-unsaturated/α-hetero) is 1. The number of ether oxygens (including phenoxy) is 1. The Labute approximate surface area is 140 Å². The lowest BCUT2D eigenvalue weighted by molar-refractivity contribution is -0.138. The van der Waals surface area contributed by atoms with Crippen LogP contribution in [0.3, 0.4) is 0 Å². The van der Waals surface area contributed by atoms with E-state index in [4.69, 9.17) is 4.74 Å². The maximum atomic E-state index is 13.1. The number of aryl methyl sites for hydroxylation is 1. The molecule has 0 heterocycles. The quantitative estimate of drug-likeness (QED) is 0.646. The van der Waals surface area contributed by atoms with Crippen molar-refractivity contribution >= 4 is 5.78 Å². The fraction of sp³-hybridized carbons (Fsp3) is 0.526. The third kappa shape index (κ3) is 4.19. The van der Waals surface area contributed by atoms with Gasteiger partial charge >= 0.3 is 6.18 Å². The van der Waals surface area contributed by atoms with Gasteiger partial charge in [-0.2, -0.15) is 13.2 Å². The lowest BCUT2D eigenvalue weighted by Gasteiger charge is -2.29. The number of ketones is 1. The predicted octanol–water partition coefficient (Wildman–Crippen LogP) is 5.09. The molecule has 1 atom stereocenters. The summed E-state index contributed by atoms with van der Waals surface area (Å²) in [5.41, 5.74) is 0.0000657. The molecule has 132 valence electrons. The van der Waals surface area contributed by atoms with Crippen LogP contribution in [0.4, 0.5) is 13.2 Å². The summed E-state index contributed by atoms with van der Waals surface area (Å²) < 4.78 is 44.7. The fourth-order valence-electron chi connectivity index (χ4n) is 2.97. The smallest absolute Gasteiger partial charge is 0.416 e. The van der Waals surface area contributed by atoms with E-state index < -0.39 is 17.7 Å². The first kappa shape index (κ1) is 18.6. The topological polar surface area (TPSA) is 26.3 Å². The second-order valence-electron chi connectivity index (χ2n) is 6.33. The van der Waals surface area contributed by atoms with Gasteiger partial charge in [0.1, 0.15) is 5.78 Å². The summed E-state index contributed by atoms with van der Waals surface area (Å²) in [4.78, 5) is 12.6. The van der Waals surface area contributed by atoms with Gasteiger partial charge in [0.05, 0.1) is 23.8 Å². The standard InChI is InChI=1S/C19H23F3O2/c1-4-24-13(3)16(18(23)15-6-5-7-15)10-14-9-8-12(2)17(11-14)19(20,21)22/h8-9,11,15-16H,3-7,10H2,1-2H3. The molecule has 0 spiro atoms. The molecule has 2 nitrogen and oxygen atoms in total. The van der Waals surface area contributed by atoms with Crippen molar-refractivity contribution in [3.05, 3.63) is 47.2 Å². The van der Waals surface area contributed by atoms with Crippen LogP contribution in [0.25, 0.3) is 0 Å². The minimum absolute atomic E-state index is 0.0141. The molecule has 5 heteroatoms. The number of hydrogen-bond donors (Lipinski definition) is 0. The maximum Gasteiger partial charge on any atom is 0.416 e. The molecule has 0 aliphatic heterocycles. The Kier molecular flexibility index (Phi) is 5.73. The average Bonchev–Trinajstić information content (AvgIpc) is 2.43. The highest BCUT2D eigenvalue weighted by molar-refractivity contribution is 5.86. The molecule has 0 N–H and O–H groups in total. The van der Waals surface area contributed by atoms with Gasteiger partial charge in [0.2, 0.25) is 0 Å². The average molecular weight is 340 g/mol. The Morgan fingerprint density at radius 1 is 1.38 bits per heavy atom. The second-order valence-corrected chi connectivity index (χ2v) is 6.33. The van der Waals surface area contributed by atoms with Crippen LogP contribution in [0.1, 0.15) is 42.9 Å². The maximum absolute atomic E-state index is 13.1. The molecule has 1 aliphatic rings. The lowest BCUT2D eigenvalue weighted by atomic mass is 9.76. The van der Waals surface area contributed by atoms with Crippen LogP contribution in [0, 0.1) is 18.8 Å². The molecule has 24 heavy (non-hydrogen) atoms. The van der Waals surface area contributed by atoms with Gasteiger partial charge in [0.25, 0.3) is 0 Å². The number of carbonyl (C=O) groups is 1. The Morgan fingerprint density at radius 2 is 2.04 bits per heavy atom. The van der Waals surface area contributed by atoms with Gasteiger partial charge < -0.3 is 4.74 Å². The van der Waals surface area contributed by atoms with Gasteiger partial charge in [0, 0.05) is 5.92 Å². The van der Waals surface area contributed by atoms with E-state index in [9.17, 15) is 18.0 Å². The minimum atomic E-state index is -4.40. The van der Waals surface area contributed by atoms with Gasteiger partial charge in [-0.1, -0.05) is 25.1 Å². The number of hydrogen-bond acceptors (Lipinski definition) is 2. The molecule has 1 aliphatic carbocycles. The molecule has 0 aromatic heterocycles. The van der Waals surface area contributed by atoms with E-state index in [2.05, 4.69) is 6.58 Å². The van der Waals surface area contributed by atoms with Crippen LogP contribution in [0.15, 0.2) is 30.5 Å². The predicted molar refractivity (Wildman–Crippen MR) is 86.5 cm³/mol. The van der Waals surface area contributed by atoms with Crippen molar-refractivity contribution < 1.29 is 22.7 Å². The van der Waals surface area contributed by atoms with Crippen molar-refractivity contribution in [2.24, 2.45) is 11.8 Å². The largest absolute Gasteiger partial charge is 0.498 e. The molecule has 1 saturated carbocycles. The summed E-state index contributed by atoms with van der Waals surface area (Å²) in [6, 6.07) is 4.23. The van der Waals surface area contributed by atoms with E-state index in [1.54, 1.807) is 13.0 Å². The third-order valence-electron chi connectivity index (χ3n) is 4.62. The fourth-order valence-corrected chi connectivity index (χ4v) is 2.97. The van der Waals surface area contributed by atoms with Crippen LogP contribution < -0.4 is 0 Å². The van der Waals surface area contributed by atoms with E-state index in [-0.39, 0.29) is 23.7 Å². The Hall–Kier alpha value is -1.78. The van der Waals surface area contributed by atoms with Crippen LogP contribution in [-0.4, -0.2) is 12.4 Å². The zero-order valence-electron chi connectivity index (χ0n) is 14.1. The van der Waals surface area contributed by atoms with Gasteiger partial charge in [-0.25, -0.2) is 0 Å². The highest BCUT2D eigenvalue weighted by Crippen LogP contribution is 2.35. The van der Waals surface area contributed by atoms with Gasteiger partial charge in [0.15, 0.2) is 0 Å². The van der Waals surface area contributed by atoms with E-state index >= 15 is 0 Å². The summed E-state index contributed by atoms with van der Waals surface area (Å²) in [5, 5.41) is 0. The van der Waals surface area contributed by atoms with Crippen molar-refractivity contribution in [1.82, 2.24) is 0 Å². The molecule has 1 aromatic carbocycles. The Morgan fingerprint density at radius 3 is 2.54 bits per heavy atom. The first-order chi connectivity index (χ1) is 11.2. The van der Waals surface area contributed by atoms with Crippen LogP contribution in [-0.2, 0) is 22.1 Å². The molecular formula is C19H23F3O2. The van der Waals surface area contributed by atoms with Crippen molar-refractivity contribution in [3.63, 3.8) is 0 Å². The molecule has 0 bridgehead atoms. The number of alkyl halides is 3. The lowest BCUT2D eigenvalue weighted by Crippen LogP contribution is -2.31. The van der Waals surface area contributed by atoms with Crippen LogP contribution >= 0.6 is 0 Å². The number of allylic oxidation sites excluding steroid dienone is 1. The van der Waals surface area contributed by atoms with E-state index in [1.165, 1.54) is 13.0 Å². The monoisotopic (exact) mass is 340 g/mol. The normalized spacial score (nSPS) is 16.4. The van der Waals surface area contributed by atoms with Crippen molar-refractivity contribution in [3.8, 4) is 0 Å². The molecule has 1 unspecified atom stereocenters. The summed E-state index contributed by atoms with van der Waals surface area (Å²) in [6.07, 6.45) is -1.50. The van der Waals surface area contributed by atoms with E-state index in [0.717, 1.165) is 25.3 Å². The molecular weight excluding hydrogens is 317 g/mol. The van der Waals surface area contributed by atoms with Crippen LogP contribution in [0.5, 0.6) is 0 Å². The zero-order chi connectivity index (χ0) is 17.9. The highest BCUT2D eigenvalue weighted by atomic mass is 19.4. The summed E-state index contributed by atoms with van der Waals surface area (Å²) in [5.74, 6) is -0.212. The Bertz CT molecular complexity index is 616. The van der Waals surface area contributed by atoms with E-state index in [1.807, 2.05) is 0 Å². The molecule has 0 radical (unpaired) electrons. The molecule has 1 fully saturated rings. The van der Waals surface area contributed by atoms with Gasteiger partial charge in [-0.15, -0.1) is 0 Å². The Balaban J connectivity index is 2.25. The number of rotatable bonds is 7. The highest BCUT2D eigenvalue weighted by Gasteiger charge is 2.35. The molecule has 0 amide bonds. The van der Waals surface area contributed by atoms with Crippen molar-refractivity contribution in [2.45, 2.75) is 45.7 Å². The summed E-state index contributed by atoms with van der Waals surface area (Å²) in [7, 11) is 0. The zero-order valence-corrected chi connectivity index (χ0v) is 14.1. The van der Waals surface area contributed by atoms with Crippen molar-refractivity contribution in [2.75, 3.05) is 6.61 Å². The van der Waals surface area contributed by atoms with Gasteiger partial charge in [-0.3, -0.25) is 4.79 Å². The van der Waals surface area contributed by atoms with E-state index in [0.29, 0.717) is 17.9 Å². The minimum Gasteiger partial charge on any atom is -0.498 e. The van der Waals surface area contributed by atoms with Crippen molar-refractivity contribution in [1.29, 1.82) is 0 Å². The number of benzene rings is 1. The molecule has 1 aromatic rings. The summed E-state index contributed by atoms with van der Waals surface area (Å²) >= 11 is 0. The number of carbonyl (C=O) groups excluding carboxylic acids is 1. The number of halogens is 3. The SMILES string of the molecule is C=C(OCC)C(Cc1ccc(C)c(C(F)(F)F)c1)C(=O)C1CCC1. The van der Waals surface area contributed by atoms with Gasteiger partial charge in [-0.05, 0) is 50.3 Å². The molecule has 2 rings (SSSR count). The van der Waals surface area contributed by atoms with Crippen LogP contribution in [0.2, 0.25) is 0 Å². The molecule has 0 saturated heterocycles. The third-order valence-corrected chi connectivity index (χ3v) is 4.62. The second kappa shape index (κ2) is 7.41. The first-order valence-electron chi connectivity index (χ1n) is 8.26. The summed E-state index contributed by atoms with van der Waals surface area (Å²) in [6.45, 7) is 7.44.